The number of sulfone groups is 1. The largest absolute Gasteiger partial charge is 0.303 e. The van der Waals surface area contributed by atoms with Crippen molar-refractivity contribution in [2.75, 3.05) is 5.75 Å². The number of hydrogen-bond donors (Lipinski definition) is 0. The van der Waals surface area contributed by atoms with Crippen molar-refractivity contribution in [3.05, 3.63) is 65.0 Å². The van der Waals surface area contributed by atoms with Gasteiger partial charge in [0, 0.05) is 5.92 Å². The first-order valence-electron chi connectivity index (χ1n) is 10.8. The molecule has 0 aliphatic carbocycles. The molecule has 0 aromatic heterocycles. The topological polar surface area (TPSA) is 51.2 Å². The van der Waals surface area contributed by atoms with Gasteiger partial charge in [-0.3, -0.25) is 0 Å². The highest BCUT2D eigenvalue weighted by Crippen LogP contribution is 2.29. The van der Waals surface area contributed by atoms with E-state index in [0.29, 0.717) is 23.3 Å². The Labute approximate surface area is 180 Å². The molecular weight excluding hydrogens is 399 g/mol. The first-order valence-corrected chi connectivity index (χ1v) is 12.5. The van der Waals surface area contributed by atoms with Gasteiger partial charge < -0.3 is 4.79 Å². The minimum Gasteiger partial charge on any atom is -0.303 e. The van der Waals surface area contributed by atoms with Gasteiger partial charge in [-0.05, 0) is 61.4 Å². The second-order valence-electron chi connectivity index (χ2n) is 8.19. The Hall–Kier alpha value is -2.01. The number of rotatable bonds is 12. The fourth-order valence-corrected chi connectivity index (χ4v) is 5.94. The maximum absolute atomic E-state index is 13.4. The zero-order valence-electron chi connectivity index (χ0n) is 18.2. The molecule has 164 valence electrons. The summed E-state index contributed by atoms with van der Waals surface area (Å²) in [6.45, 7) is 6.02. The van der Waals surface area contributed by atoms with Crippen LogP contribution in [0.2, 0.25) is 0 Å². The quantitative estimate of drug-likeness (QED) is 0.391. The molecule has 30 heavy (non-hydrogen) atoms. The molecule has 2 aromatic carbocycles. The molecule has 0 bridgehead atoms. The summed E-state index contributed by atoms with van der Waals surface area (Å²) in [5, 5.41) is 0. The molecule has 2 unspecified atom stereocenters. The van der Waals surface area contributed by atoms with Gasteiger partial charge in [0.1, 0.15) is 12.1 Å². The van der Waals surface area contributed by atoms with Gasteiger partial charge in [0.05, 0.1) is 10.6 Å². The molecule has 0 saturated heterocycles. The molecule has 2 rings (SSSR count). The zero-order chi connectivity index (χ0) is 22.1. The third-order valence-electron chi connectivity index (χ3n) is 5.62. The number of carbonyl (C=O) groups excluding carboxylic acids is 1. The molecule has 0 aliphatic heterocycles. The fourth-order valence-electron chi connectivity index (χ4n) is 3.98. The van der Waals surface area contributed by atoms with Crippen molar-refractivity contribution in [2.24, 2.45) is 11.8 Å². The summed E-state index contributed by atoms with van der Waals surface area (Å²) in [6.07, 6.45) is 5.53. The number of benzene rings is 2. The SMILES string of the molecule is CCCCC(CS(=O)(=O)c1ccc(C)cc1Cc1ccc(F)cc1)C(C=O)CCC. The van der Waals surface area contributed by atoms with Crippen LogP contribution >= 0.6 is 0 Å². The predicted octanol–water partition coefficient (Wildman–Crippen LogP) is 5.92. The Morgan fingerprint density at radius 3 is 2.30 bits per heavy atom. The Morgan fingerprint density at radius 1 is 1.00 bits per heavy atom. The highest BCUT2D eigenvalue weighted by Gasteiger charge is 2.28. The van der Waals surface area contributed by atoms with E-state index in [4.69, 9.17) is 0 Å². The first kappa shape index (κ1) is 24.3. The van der Waals surface area contributed by atoms with Crippen molar-refractivity contribution in [1.29, 1.82) is 0 Å². The van der Waals surface area contributed by atoms with Gasteiger partial charge in [-0.2, -0.15) is 0 Å². The van der Waals surface area contributed by atoms with E-state index >= 15 is 0 Å². The number of aryl methyl sites for hydroxylation is 1. The Kier molecular flexibility index (Phi) is 9.22. The molecule has 5 heteroatoms. The number of halogens is 1. The Bertz CT molecular complexity index is 920. The van der Waals surface area contributed by atoms with Crippen molar-refractivity contribution < 1.29 is 17.6 Å². The van der Waals surface area contributed by atoms with Crippen LogP contribution in [-0.4, -0.2) is 20.5 Å². The van der Waals surface area contributed by atoms with Crippen molar-refractivity contribution in [1.82, 2.24) is 0 Å². The van der Waals surface area contributed by atoms with Crippen molar-refractivity contribution >= 4 is 16.1 Å². The maximum atomic E-state index is 13.4. The molecule has 3 nitrogen and oxygen atoms in total. The highest BCUT2D eigenvalue weighted by atomic mass is 32.2. The monoisotopic (exact) mass is 432 g/mol. The molecule has 0 aliphatic rings. The van der Waals surface area contributed by atoms with E-state index in [0.717, 1.165) is 43.1 Å². The van der Waals surface area contributed by atoms with Crippen LogP contribution in [-0.2, 0) is 21.1 Å². The first-order chi connectivity index (χ1) is 14.3. The standard InChI is InChI=1S/C25H33FO3S/c1-4-6-8-22(21(17-27)7-5-2)18-30(28,29)25-14-9-19(3)15-23(25)16-20-10-12-24(26)13-11-20/h9-15,17,21-22H,4-8,16,18H2,1-3H3. The lowest BCUT2D eigenvalue weighted by atomic mass is 9.87. The number of aldehydes is 1. The van der Waals surface area contributed by atoms with Crippen LogP contribution < -0.4 is 0 Å². The summed E-state index contributed by atoms with van der Waals surface area (Å²) in [6, 6.07) is 11.5. The lowest BCUT2D eigenvalue weighted by Crippen LogP contribution is -2.26. The highest BCUT2D eigenvalue weighted by molar-refractivity contribution is 7.91. The van der Waals surface area contributed by atoms with Crippen LogP contribution in [0.4, 0.5) is 4.39 Å². The molecule has 0 fully saturated rings. The lowest BCUT2D eigenvalue weighted by molar-refractivity contribution is -0.112. The summed E-state index contributed by atoms with van der Waals surface area (Å²) in [4.78, 5) is 12.0. The van der Waals surface area contributed by atoms with E-state index in [1.54, 1.807) is 18.2 Å². The summed E-state index contributed by atoms with van der Waals surface area (Å²) < 4.78 is 40.1. The average molecular weight is 433 g/mol. The van der Waals surface area contributed by atoms with Crippen molar-refractivity contribution in [3.63, 3.8) is 0 Å². The minimum atomic E-state index is -3.57. The number of hydrogen-bond acceptors (Lipinski definition) is 3. The van der Waals surface area contributed by atoms with Gasteiger partial charge in [-0.25, -0.2) is 12.8 Å². The molecule has 0 spiro atoms. The fraction of sp³-hybridized carbons (Fsp3) is 0.480. The Morgan fingerprint density at radius 2 is 1.70 bits per heavy atom. The van der Waals surface area contributed by atoms with Crippen LogP contribution in [0.3, 0.4) is 0 Å². The van der Waals surface area contributed by atoms with Crippen molar-refractivity contribution in [3.8, 4) is 0 Å². The maximum Gasteiger partial charge on any atom is 0.178 e. The number of carbonyl (C=O) groups is 1. The molecule has 0 N–H and O–H groups in total. The predicted molar refractivity (Wildman–Crippen MR) is 120 cm³/mol. The second kappa shape index (κ2) is 11.4. The van der Waals surface area contributed by atoms with Gasteiger partial charge in [0.15, 0.2) is 9.84 Å². The Balaban J connectivity index is 2.36. The van der Waals surface area contributed by atoms with E-state index in [9.17, 15) is 17.6 Å². The molecule has 0 heterocycles. The normalized spacial score (nSPS) is 13.7. The molecule has 2 aromatic rings. The van der Waals surface area contributed by atoms with E-state index in [2.05, 4.69) is 6.92 Å². The number of unbranched alkanes of at least 4 members (excludes halogenated alkanes) is 1. The van der Waals surface area contributed by atoms with Crippen LogP contribution in [0.25, 0.3) is 0 Å². The average Bonchev–Trinajstić information content (AvgIpc) is 2.71. The molecule has 2 atom stereocenters. The molecular formula is C25H33FO3S. The van der Waals surface area contributed by atoms with E-state index in [-0.39, 0.29) is 23.4 Å². The van der Waals surface area contributed by atoms with E-state index < -0.39 is 9.84 Å². The summed E-state index contributed by atoms with van der Waals surface area (Å²) in [7, 11) is -3.57. The van der Waals surface area contributed by atoms with E-state index in [1.165, 1.54) is 12.1 Å². The molecule has 0 amide bonds. The van der Waals surface area contributed by atoms with Gasteiger partial charge in [-0.15, -0.1) is 0 Å². The van der Waals surface area contributed by atoms with E-state index in [1.807, 2.05) is 26.0 Å². The summed E-state index contributed by atoms with van der Waals surface area (Å²) >= 11 is 0. The smallest absolute Gasteiger partial charge is 0.178 e. The van der Waals surface area contributed by atoms with Crippen LogP contribution in [0.15, 0.2) is 47.4 Å². The lowest BCUT2D eigenvalue weighted by Gasteiger charge is -2.23. The zero-order valence-corrected chi connectivity index (χ0v) is 19.1. The van der Waals surface area contributed by atoms with Gasteiger partial charge in [0.25, 0.3) is 0 Å². The third kappa shape index (κ3) is 6.76. The van der Waals surface area contributed by atoms with Gasteiger partial charge in [0.2, 0.25) is 0 Å². The van der Waals surface area contributed by atoms with Gasteiger partial charge in [-0.1, -0.05) is 62.9 Å². The van der Waals surface area contributed by atoms with Crippen LogP contribution in [0.1, 0.15) is 62.6 Å². The van der Waals surface area contributed by atoms with Crippen LogP contribution in [0.5, 0.6) is 0 Å². The molecule has 0 radical (unpaired) electrons. The van der Waals surface area contributed by atoms with Gasteiger partial charge >= 0.3 is 0 Å². The third-order valence-corrected chi connectivity index (χ3v) is 7.56. The second-order valence-corrected chi connectivity index (χ2v) is 10.2. The molecule has 0 saturated carbocycles. The summed E-state index contributed by atoms with van der Waals surface area (Å²) in [5.41, 5.74) is 2.55. The summed E-state index contributed by atoms with van der Waals surface area (Å²) in [5.74, 6) is -0.740. The van der Waals surface area contributed by atoms with Crippen molar-refractivity contribution in [2.45, 2.75) is 64.2 Å². The minimum absolute atomic E-state index is 0.0180. The van der Waals surface area contributed by atoms with Crippen LogP contribution in [0, 0.1) is 24.6 Å².